The molecule has 0 bridgehead atoms. The zero-order chi connectivity index (χ0) is 26.7. The molecule has 35 heavy (non-hydrogen) atoms. The monoisotopic (exact) mass is 502 g/mol. The van der Waals surface area contributed by atoms with E-state index in [9.17, 15) is 0 Å². The standard InChI is InChI=1S/C33H50Si2/c1-23(2)34(24(3)4,25(5)6)20-18-30-14-17-33-29(13)31(15-16-32(33)22-30)19-21-35(26(7)8,27(9)10)28(11)12/h14-17,22-28H,1-13H3. The highest BCUT2D eigenvalue weighted by molar-refractivity contribution is 6.91. The lowest BCUT2D eigenvalue weighted by Crippen LogP contribution is -2.43. The van der Waals surface area contributed by atoms with Crippen LogP contribution in [-0.2, 0) is 0 Å². The van der Waals surface area contributed by atoms with Crippen LogP contribution in [0.5, 0.6) is 0 Å². The molecular formula is C33H50Si2. The molecule has 0 saturated heterocycles. The second-order valence-corrected chi connectivity index (χ2v) is 23.6. The van der Waals surface area contributed by atoms with E-state index < -0.39 is 16.1 Å². The molecule has 0 aliphatic carbocycles. The van der Waals surface area contributed by atoms with E-state index >= 15 is 0 Å². The Morgan fingerprint density at radius 2 is 0.971 bits per heavy atom. The molecular weight excluding hydrogens is 453 g/mol. The number of aryl methyl sites for hydroxylation is 1. The van der Waals surface area contributed by atoms with Crippen LogP contribution in [0.2, 0.25) is 33.2 Å². The molecule has 0 spiro atoms. The Bertz CT molecular complexity index is 1100. The molecule has 0 saturated carbocycles. The summed E-state index contributed by atoms with van der Waals surface area (Å²) >= 11 is 0. The Kier molecular flexibility index (Phi) is 9.72. The number of hydrogen-bond acceptors (Lipinski definition) is 0. The van der Waals surface area contributed by atoms with E-state index in [-0.39, 0.29) is 0 Å². The van der Waals surface area contributed by atoms with Gasteiger partial charge in [0.05, 0.1) is 0 Å². The molecule has 2 heteroatoms. The van der Waals surface area contributed by atoms with Crippen molar-refractivity contribution in [2.45, 2.75) is 123 Å². The first-order chi connectivity index (χ1) is 16.2. The van der Waals surface area contributed by atoms with Crippen molar-refractivity contribution in [2.24, 2.45) is 0 Å². The summed E-state index contributed by atoms with van der Waals surface area (Å²) in [6.07, 6.45) is 0. The summed E-state index contributed by atoms with van der Waals surface area (Å²) in [6.45, 7) is 30.8. The van der Waals surface area contributed by atoms with Gasteiger partial charge in [0.1, 0.15) is 16.1 Å². The second kappa shape index (κ2) is 11.5. The minimum absolute atomic E-state index is 0.648. The van der Waals surface area contributed by atoms with Gasteiger partial charge in [0.15, 0.2) is 0 Å². The largest absolute Gasteiger partial charge is 0.146 e. The van der Waals surface area contributed by atoms with E-state index in [2.05, 4.69) is 143 Å². The van der Waals surface area contributed by atoms with E-state index in [4.69, 9.17) is 0 Å². The van der Waals surface area contributed by atoms with E-state index in [0.717, 1.165) is 5.56 Å². The van der Waals surface area contributed by atoms with E-state index in [1.54, 1.807) is 0 Å². The van der Waals surface area contributed by atoms with Gasteiger partial charge in [-0.15, -0.1) is 11.1 Å². The Morgan fingerprint density at radius 1 is 0.543 bits per heavy atom. The molecule has 0 aliphatic heterocycles. The highest BCUT2D eigenvalue weighted by atomic mass is 28.3. The maximum absolute atomic E-state index is 3.90. The molecule has 190 valence electrons. The van der Waals surface area contributed by atoms with Crippen molar-refractivity contribution in [3.05, 3.63) is 47.0 Å². The Balaban J connectivity index is 2.56. The van der Waals surface area contributed by atoms with Crippen LogP contribution in [0.1, 0.15) is 99.8 Å². The lowest BCUT2D eigenvalue weighted by atomic mass is 9.99. The van der Waals surface area contributed by atoms with Gasteiger partial charge in [-0.3, -0.25) is 0 Å². The van der Waals surface area contributed by atoms with Gasteiger partial charge in [0.2, 0.25) is 0 Å². The summed E-state index contributed by atoms with van der Waals surface area (Å²) < 4.78 is 0. The van der Waals surface area contributed by atoms with Crippen molar-refractivity contribution in [1.29, 1.82) is 0 Å². The average Bonchev–Trinajstić information content (AvgIpc) is 2.74. The van der Waals surface area contributed by atoms with Crippen LogP contribution >= 0.6 is 0 Å². The molecule has 0 nitrogen and oxygen atoms in total. The lowest BCUT2D eigenvalue weighted by Gasteiger charge is -2.38. The molecule has 0 N–H and O–H groups in total. The van der Waals surface area contributed by atoms with Crippen molar-refractivity contribution in [1.82, 2.24) is 0 Å². The van der Waals surface area contributed by atoms with Crippen LogP contribution < -0.4 is 0 Å². The lowest BCUT2D eigenvalue weighted by molar-refractivity contribution is 0.838. The number of hydrogen-bond donors (Lipinski definition) is 0. The summed E-state index contributed by atoms with van der Waals surface area (Å²) in [5.74, 6) is 7.30. The molecule has 0 aromatic heterocycles. The van der Waals surface area contributed by atoms with Crippen molar-refractivity contribution < 1.29 is 0 Å². The third-order valence-electron chi connectivity index (χ3n) is 8.86. The molecule has 0 atom stereocenters. The first-order valence-electron chi connectivity index (χ1n) is 13.8. The van der Waals surface area contributed by atoms with Gasteiger partial charge in [0, 0.05) is 11.1 Å². The molecule has 2 rings (SSSR count). The highest BCUT2D eigenvalue weighted by Crippen LogP contribution is 2.42. The van der Waals surface area contributed by atoms with Gasteiger partial charge < -0.3 is 0 Å². The Hall–Kier alpha value is -1.75. The van der Waals surface area contributed by atoms with Crippen molar-refractivity contribution in [3.8, 4) is 22.9 Å². The first kappa shape index (κ1) is 29.5. The number of fused-ring (bicyclic) bond motifs is 1. The number of benzene rings is 2. The normalized spacial score (nSPS) is 12.7. The second-order valence-electron chi connectivity index (χ2n) is 12.5. The predicted molar refractivity (Wildman–Crippen MR) is 165 cm³/mol. The third kappa shape index (κ3) is 5.65. The van der Waals surface area contributed by atoms with Crippen LogP contribution in [0, 0.1) is 29.9 Å². The van der Waals surface area contributed by atoms with E-state index in [1.807, 2.05) is 0 Å². The van der Waals surface area contributed by atoms with Crippen LogP contribution in [0.15, 0.2) is 30.3 Å². The fourth-order valence-electron chi connectivity index (χ4n) is 6.92. The minimum atomic E-state index is -1.74. The molecule has 0 heterocycles. The molecule has 0 aliphatic rings. The maximum atomic E-state index is 3.90. The quantitative estimate of drug-likeness (QED) is 0.272. The van der Waals surface area contributed by atoms with Crippen molar-refractivity contribution in [3.63, 3.8) is 0 Å². The fourth-order valence-corrected chi connectivity index (χ4v) is 17.4. The van der Waals surface area contributed by atoms with Gasteiger partial charge in [-0.05, 0) is 74.7 Å². The zero-order valence-corrected chi connectivity index (χ0v) is 26.9. The van der Waals surface area contributed by atoms with Gasteiger partial charge in [0.25, 0.3) is 0 Å². The van der Waals surface area contributed by atoms with Gasteiger partial charge in [-0.1, -0.05) is 107 Å². The summed E-state index contributed by atoms with van der Waals surface area (Å²) in [5.41, 5.74) is 15.3. The van der Waals surface area contributed by atoms with Crippen LogP contribution in [0.3, 0.4) is 0 Å². The molecule has 0 radical (unpaired) electrons. The SMILES string of the molecule is Cc1c(C#C[Si](C(C)C)(C(C)C)C(C)C)ccc2cc(C#C[Si](C(C)C)(C(C)C)C(C)C)ccc12. The predicted octanol–water partition coefficient (Wildman–Crippen LogP) is 10.3. The zero-order valence-electron chi connectivity index (χ0n) is 24.9. The van der Waals surface area contributed by atoms with Gasteiger partial charge in [-0.2, -0.15) is 0 Å². The van der Waals surface area contributed by atoms with Crippen molar-refractivity contribution in [2.75, 3.05) is 0 Å². The first-order valence-corrected chi connectivity index (χ1v) is 18.3. The Labute approximate surface area is 219 Å². The topological polar surface area (TPSA) is 0 Å². The third-order valence-corrected chi connectivity index (χ3v) is 21.4. The van der Waals surface area contributed by atoms with Crippen LogP contribution in [0.4, 0.5) is 0 Å². The smallest absolute Gasteiger partial charge is 0.125 e. The van der Waals surface area contributed by atoms with Crippen LogP contribution in [0.25, 0.3) is 10.8 Å². The van der Waals surface area contributed by atoms with E-state index in [0.29, 0.717) is 33.2 Å². The van der Waals surface area contributed by atoms with Gasteiger partial charge >= 0.3 is 0 Å². The molecule has 2 aromatic rings. The molecule has 2 aromatic carbocycles. The van der Waals surface area contributed by atoms with Crippen LogP contribution in [-0.4, -0.2) is 16.1 Å². The molecule has 0 amide bonds. The number of rotatable bonds is 6. The van der Waals surface area contributed by atoms with E-state index in [1.165, 1.54) is 21.9 Å². The summed E-state index contributed by atoms with van der Waals surface area (Å²) in [5, 5.41) is 2.57. The molecule has 0 unspecified atom stereocenters. The fraction of sp³-hybridized carbons (Fsp3) is 0.576. The highest BCUT2D eigenvalue weighted by Gasteiger charge is 2.42. The summed E-state index contributed by atoms with van der Waals surface area (Å²) in [7, 11) is -3.47. The summed E-state index contributed by atoms with van der Waals surface area (Å²) in [4.78, 5) is 0. The molecule has 0 fully saturated rings. The minimum Gasteiger partial charge on any atom is -0.125 e. The Morgan fingerprint density at radius 3 is 1.40 bits per heavy atom. The maximum Gasteiger partial charge on any atom is 0.146 e. The van der Waals surface area contributed by atoms with Gasteiger partial charge in [-0.25, -0.2) is 0 Å². The summed E-state index contributed by atoms with van der Waals surface area (Å²) in [6, 6.07) is 11.2. The average molecular weight is 503 g/mol. The van der Waals surface area contributed by atoms with Crippen molar-refractivity contribution >= 4 is 26.9 Å².